The Kier molecular flexibility index (Phi) is 15.3. The zero-order chi connectivity index (χ0) is 23.5. The van der Waals surface area contributed by atoms with Crippen LogP contribution >= 0.6 is 0 Å². The molecular weight excluding hydrogens is 420 g/mol. The molecule has 32 heavy (non-hydrogen) atoms. The normalized spacial score (nSPS) is 12.0. The van der Waals surface area contributed by atoms with Crippen LogP contribution in [0.2, 0.25) is 0 Å². The second-order valence-corrected chi connectivity index (χ2v) is 9.96. The molecule has 0 aliphatic rings. The highest BCUT2D eigenvalue weighted by atomic mass is 32.2. The monoisotopic (exact) mass is 462 g/mol. The molecule has 1 amide bonds. The molecule has 0 atom stereocenters. The first kappa shape index (κ1) is 28.0. The van der Waals surface area contributed by atoms with Gasteiger partial charge in [0.2, 0.25) is 5.91 Å². The largest absolute Gasteiger partial charge is 0.399 e. The van der Waals surface area contributed by atoms with Crippen LogP contribution in [0.25, 0.3) is 0 Å². The number of amides is 1. The minimum Gasteiger partial charge on any atom is -0.399 e. The van der Waals surface area contributed by atoms with Crippen molar-refractivity contribution in [2.45, 2.75) is 102 Å². The highest BCUT2D eigenvalue weighted by Gasteiger charge is 2.16. The predicted octanol–water partition coefficient (Wildman–Crippen LogP) is 6.67. The Bertz CT molecular complexity index is 784. The van der Waals surface area contributed by atoms with E-state index in [1.54, 1.807) is 0 Å². The van der Waals surface area contributed by atoms with Gasteiger partial charge in [-0.2, -0.15) is 0 Å². The van der Waals surface area contributed by atoms with Gasteiger partial charge >= 0.3 is 0 Å². The molecule has 180 valence electrons. The van der Waals surface area contributed by atoms with Crippen LogP contribution in [-0.4, -0.2) is 14.3 Å². The first-order valence-corrected chi connectivity index (χ1v) is 13.6. The van der Waals surface area contributed by atoms with Gasteiger partial charge < -0.3 is 5.73 Å². The van der Waals surface area contributed by atoms with Gasteiger partial charge in [-0.3, -0.25) is 4.79 Å². The molecule has 0 saturated heterocycles. The Balaban J connectivity index is 1.99. The fraction of sp³-hybridized carbons (Fsp3) is 0.577. The van der Waals surface area contributed by atoms with Crippen LogP contribution in [0.3, 0.4) is 0 Å². The molecule has 1 aromatic rings. The summed E-state index contributed by atoms with van der Waals surface area (Å²) in [6, 6.07) is 5.77. The number of nitrogens with one attached hydrogen (secondary N) is 1. The van der Waals surface area contributed by atoms with Crippen LogP contribution in [-0.2, 0) is 14.8 Å². The summed E-state index contributed by atoms with van der Waals surface area (Å²) in [5.41, 5.74) is 6.03. The first-order chi connectivity index (χ1) is 15.5. The minimum atomic E-state index is -3.83. The fourth-order valence-corrected chi connectivity index (χ4v) is 4.34. The summed E-state index contributed by atoms with van der Waals surface area (Å²) in [7, 11) is -3.83. The maximum absolute atomic E-state index is 12.1. The van der Waals surface area contributed by atoms with Crippen molar-refractivity contribution < 1.29 is 13.2 Å². The number of hydrogen-bond acceptors (Lipinski definition) is 4. The van der Waals surface area contributed by atoms with E-state index in [0.29, 0.717) is 12.1 Å². The van der Waals surface area contributed by atoms with Gasteiger partial charge in [0.05, 0.1) is 4.90 Å². The Morgan fingerprint density at radius 2 is 1.25 bits per heavy atom. The number of nitrogens with two attached hydrogens (primary N) is 1. The van der Waals surface area contributed by atoms with Gasteiger partial charge in [0.15, 0.2) is 0 Å². The number of unbranched alkanes of at least 4 members (excludes halogenated alkanes) is 10. The molecule has 0 aliphatic carbocycles. The fourth-order valence-electron chi connectivity index (χ4n) is 3.33. The van der Waals surface area contributed by atoms with Crippen molar-refractivity contribution in [2.75, 3.05) is 5.73 Å². The molecule has 6 heteroatoms. The van der Waals surface area contributed by atoms with Gasteiger partial charge in [0.25, 0.3) is 10.0 Å². The first-order valence-electron chi connectivity index (χ1n) is 12.2. The van der Waals surface area contributed by atoms with E-state index in [2.05, 4.69) is 35.9 Å². The summed E-state index contributed by atoms with van der Waals surface area (Å²) in [5.74, 6) is -0.481. The van der Waals surface area contributed by atoms with Crippen molar-refractivity contribution in [3.8, 4) is 0 Å². The SMILES string of the molecule is CCCCC/C=C\CCCCCCC/C=C\CCCC(=O)NS(=O)(=O)c1ccc(N)cc1. The lowest BCUT2D eigenvalue weighted by molar-refractivity contribution is -0.119. The van der Waals surface area contributed by atoms with Crippen LogP contribution in [0.1, 0.15) is 96.8 Å². The lowest BCUT2D eigenvalue weighted by atomic mass is 10.1. The number of anilines is 1. The molecule has 0 aliphatic heterocycles. The molecule has 0 unspecified atom stereocenters. The minimum absolute atomic E-state index is 0.0406. The number of nitrogen functional groups attached to an aromatic ring is 1. The molecule has 0 aromatic heterocycles. The molecule has 0 radical (unpaired) electrons. The third-order valence-electron chi connectivity index (χ3n) is 5.26. The van der Waals surface area contributed by atoms with Gasteiger partial charge in [-0.1, -0.05) is 63.3 Å². The predicted molar refractivity (Wildman–Crippen MR) is 135 cm³/mol. The van der Waals surface area contributed by atoms with Crippen molar-refractivity contribution >= 4 is 21.6 Å². The van der Waals surface area contributed by atoms with Gasteiger partial charge in [-0.05, 0) is 75.6 Å². The van der Waals surface area contributed by atoms with E-state index in [9.17, 15) is 13.2 Å². The Morgan fingerprint density at radius 3 is 1.78 bits per heavy atom. The third kappa shape index (κ3) is 14.1. The van der Waals surface area contributed by atoms with Crippen molar-refractivity contribution in [1.29, 1.82) is 0 Å². The van der Waals surface area contributed by atoms with Gasteiger partial charge in [-0.25, -0.2) is 13.1 Å². The lowest BCUT2D eigenvalue weighted by Gasteiger charge is -2.06. The molecule has 1 aromatic carbocycles. The molecular formula is C26H42N2O3S. The highest BCUT2D eigenvalue weighted by Crippen LogP contribution is 2.12. The smallest absolute Gasteiger partial charge is 0.264 e. The van der Waals surface area contributed by atoms with Crippen LogP contribution in [0.5, 0.6) is 0 Å². The maximum Gasteiger partial charge on any atom is 0.264 e. The highest BCUT2D eigenvalue weighted by molar-refractivity contribution is 7.90. The summed E-state index contributed by atoms with van der Waals surface area (Å²) in [5, 5.41) is 0. The van der Waals surface area contributed by atoms with E-state index in [1.165, 1.54) is 88.5 Å². The summed E-state index contributed by atoms with van der Waals surface area (Å²) in [6.45, 7) is 2.24. The summed E-state index contributed by atoms with van der Waals surface area (Å²) >= 11 is 0. The topological polar surface area (TPSA) is 89.3 Å². The van der Waals surface area contributed by atoms with Crippen LogP contribution < -0.4 is 10.5 Å². The van der Waals surface area contributed by atoms with Gasteiger partial charge in [0.1, 0.15) is 0 Å². The molecule has 0 fully saturated rings. The molecule has 0 bridgehead atoms. The quantitative estimate of drug-likeness (QED) is 0.145. The molecule has 3 N–H and O–H groups in total. The molecule has 0 heterocycles. The van der Waals surface area contributed by atoms with E-state index >= 15 is 0 Å². The number of benzene rings is 1. The van der Waals surface area contributed by atoms with Crippen LogP contribution in [0, 0.1) is 0 Å². The number of hydrogen-bond donors (Lipinski definition) is 2. The summed E-state index contributed by atoms with van der Waals surface area (Å²) < 4.78 is 26.4. The zero-order valence-corrected chi connectivity index (χ0v) is 20.5. The number of rotatable bonds is 18. The van der Waals surface area contributed by atoms with E-state index in [4.69, 9.17) is 5.73 Å². The summed E-state index contributed by atoms with van der Waals surface area (Å²) in [4.78, 5) is 12.0. The van der Waals surface area contributed by atoms with E-state index in [-0.39, 0.29) is 11.3 Å². The van der Waals surface area contributed by atoms with Gasteiger partial charge in [0, 0.05) is 12.1 Å². The number of carbonyl (C=O) groups is 1. The average molecular weight is 463 g/mol. The maximum atomic E-state index is 12.1. The van der Waals surface area contributed by atoms with E-state index in [0.717, 1.165) is 12.8 Å². The number of allylic oxidation sites excluding steroid dienone is 4. The zero-order valence-electron chi connectivity index (χ0n) is 19.7. The molecule has 1 rings (SSSR count). The van der Waals surface area contributed by atoms with Crippen molar-refractivity contribution in [3.05, 3.63) is 48.6 Å². The Labute approximate surface area is 195 Å². The van der Waals surface area contributed by atoms with Crippen molar-refractivity contribution in [1.82, 2.24) is 4.72 Å². The van der Waals surface area contributed by atoms with Crippen molar-refractivity contribution in [3.63, 3.8) is 0 Å². The second-order valence-electron chi connectivity index (χ2n) is 8.27. The number of sulfonamides is 1. The van der Waals surface area contributed by atoms with Gasteiger partial charge in [-0.15, -0.1) is 0 Å². The van der Waals surface area contributed by atoms with Crippen molar-refractivity contribution in [2.24, 2.45) is 0 Å². The molecule has 0 spiro atoms. The molecule has 0 saturated carbocycles. The third-order valence-corrected chi connectivity index (χ3v) is 6.65. The average Bonchev–Trinajstić information content (AvgIpc) is 2.76. The van der Waals surface area contributed by atoms with E-state index < -0.39 is 15.9 Å². The van der Waals surface area contributed by atoms with Crippen LogP contribution in [0.15, 0.2) is 53.5 Å². The number of carbonyl (C=O) groups excluding carboxylic acids is 1. The Hall–Kier alpha value is -2.08. The standard InChI is InChI=1S/C26H42N2O3S/c1-2-3-4-5-6-7-8-9-10-11-12-13-14-15-16-17-18-19-26(29)28-32(30,31)25-22-20-24(27)21-23-25/h6-7,15-16,20-23H,2-5,8-14,17-19,27H2,1H3,(H,28,29)/b7-6-,16-15-. The lowest BCUT2D eigenvalue weighted by Crippen LogP contribution is -2.30. The Morgan fingerprint density at radius 1 is 0.781 bits per heavy atom. The van der Waals surface area contributed by atoms with E-state index in [1.807, 2.05) is 0 Å². The second kappa shape index (κ2) is 17.5. The van der Waals surface area contributed by atoms with Crippen LogP contribution in [0.4, 0.5) is 5.69 Å². The molecule has 5 nitrogen and oxygen atoms in total. The summed E-state index contributed by atoms with van der Waals surface area (Å²) in [6.07, 6.45) is 24.3.